The molecule has 0 aliphatic carbocycles. The molecule has 0 fully saturated rings. The van der Waals surface area contributed by atoms with Crippen molar-refractivity contribution in [3.8, 4) is 0 Å². The van der Waals surface area contributed by atoms with Gasteiger partial charge in [-0.05, 0) is 28.6 Å². The van der Waals surface area contributed by atoms with Gasteiger partial charge in [0.2, 0.25) is 0 Å². The number of aromatic amines is 1. The van der Waals surface area contributed by atoms with E-state index < -0.39 is 0 Å². The lowest BCUT2D eigenvalue weighted by atomic mass is 10.4. The maximum Gasteiger partial charge on any atom is 0.267 e. The van der Waals surface area contributed by atoms with Crippen molar-refractivity contribution in [3.63, 3.8) is 0 Å². The van der Waals surface area contributed by atoms with E-state index in [0.29, 0.717) is 16.3 Å². The smallest absolute Gasteiger partial charge is 0.267 e. The van der Waals surface area contributed by atoms with Crippen molar-refractivity contribution in [2.24, 2.45) is 0 Å². The van der Waals surface area contributed by atoms with Crippen LogP contribution < -0.4 is 10.9 Å². The molecule has 4 nitrogen and oxygen atoms in total. The number of nitrogens with one attached hydrogen (secondary N) is 2. The minimum absolute atomic E-state index is 0.164. The Morgan fingerprint density at radius 1 is 1.73 bits per heavy atom. The van der Waals surface area contributed by atoms with Gasteiger partial charge >= 0.3 is 0 Å². The van der Waals surface area contributed by atoms with Gasteiger partial charge in [0.15, 0.2) is 0 Å². The molecule has 2 N–H and O–H groups in total. The molecule has 0 saturated heterocycles. The molecule has 0 saturated carbocycles. The van der Waals surface area contributed by atoms with Crippen LogP contribution in [0.5, 0.6) is 0 Å². The lowest BCUT2D eigenvalue weighted by Gasteiger charge is -2.13. The predicted molar refractivity (Wildman–Crippen MR) is 68.6 cm³/mol. The average molecular weight is 292 g/mol. The molecule has 0 bridgehead atoms. The van der Waals surface area contributed by atoms with E-state index in [1.807, 2.05) is 11.8 Å². The minimum Gasteiger partial charge on any atom is -0.366 e. The Kier molecular flexibility index (Phi) is 5.17. The number of hydrogen-bond donors (Lipinski definition) is 2. The molecule has 0 aromatic carbocycles. The van der Waals surface area contributed by atoms with Crippen molar-refractivity contribution in [2.75, 3.05) is 16.8 Å². The molecule has 0 radical (unpaired) electrons. The highest BCUT2D eigenvalue weighted by Crippen LogP contribution is 2.15. The second kappa shape index (κ2) is 6.17. The molecule has 1 unspecified atom stereocenters. The van der Waals surface area contributed by atoms with Gasteiger partial charge in [-0.2, -0.15) is 11.8 Å². The van der Waals surface area contributed by atoms with Crippen LogP contribution in [-0.4, -0.2) is 27.5 Å². The zero-order valence-electron chi connectivity index (χ0n) is 8.71. The Balaban J connectivity index is 2.64. The number of halogens is 1. The summed E-state index contributed by atoms with van der Waals surface area (Å²) in [5.74, 6) is 2.69. The summed E-state index contributed by atoms with van der Waals surface area (Å²) in [5.41, 5.74) is -0.164. The number of rotatable bonds is 5. The van der Waals surface area contributed by atoms with E-state index in [1.165, 1.54) is 6.33 Å². The van der Waals surface area contributed by atoms with E-state index in [1.54, 1.807) is 0 Å². The highest BCUT2D eigenvalue weighted by atomic mass is 79.9. The molecule has 0 aliphatic rings. The van der Waals surface area contributed by atoms with Gasteiger partial charge in [0.05, 0.1) is 6.33 Å². The highest BCUT2D eigenvalue weighted by Gasteiger charge is 2.08. The lowest BCUT2D eigenvalue weighted by Crippen LogP contribution is -2.21. The van der Waals surface area contributed by atoms with Crippen LogP contribution >= 0.6 is 27.7 Å². The summed E-state index contributed by atoms with van der Waals surface area (Å²) in [6, 6.07) is 0.292. The van der Waals surface area contributed by atoms with Crippen LogP contribution in [0, 0.1) is 0 Å². The first-order chi connectivity index (χ1) is 7.15. The number of hydrogen-bond acceptors (Lipinski definition) is 4. The molecule has 1 aromatic heterocycles. The Bertz CT molecular complexity index is 369. The number of nitrogens with zero attached hydrogens (tertiary/aromatic N) is 1. The standard InChI is InChI=1S/C9H14BrN3OS/c1-3-15-4-6(2)13-8-7(10)9(14)12-5-11-8/h5-6H,3-4H2,1-2H3,(H2,11,12,13,14). The lowest BCUT2D eigenvalue weighted by molar-refractivity contribution is 0.893. The first-order valence-corrected chi connectivity index (χ1v) is 6.67. The predicted octanol–water partition coefficient (Wildman–Crippen LogP) is 2.09. The maximum atomic E-state index is 11.2. The maximum absolute atomic E-state index is 11.2. The van der Waals surface area contributed by atoms with E-state index in [9.17, 15) is 4.79 Å². The van der Waals surface area contributed by atoms with Crippen LogP contribution in [0.2, 0.25) is 0 Å². The van der Waals surface area contributed by atoms with E-state index >= 15 is 0 Å². The first-order valence-electron chi connectivity index (χ1n) is 4.72. The van der Waals surface area contributed by atoms with Crippen LogP contribution in [0.4, 0.5) is 5.82 Å². The second-order valence-corrected chi connectivity index (χ2v) is 5.21. The van der Waals surface area contributed by atoms with Crippen molar-refractivity contribution < 1.29 is 0 Å². The monoisotopic (exact) mass is 291 g/mol. The van der Waals surface area contributed by atoms with Crippen molar-refractivity contribution in [3.05, 3.63) is 21.2 Å². The summed E-state index contributed by atoms with van der Waals surface area (Å²) in [6.07, 6.45) is 1.40. The number of anilines is 1. The fourth-order valence-corrected chi connectivity index (χ4v) is 2.06. The van der Waals surface area contributed by atoms with Gasteiger partial charge in [0, 0.05) is 11.8 Å². The van der Waals surface area contributed by atoms with E-state index in [0.717, 1.165) is 11.5 Å². The van der Waals surface area contributed by atoms with E-state index in [-0.39, 0.29) is 5.56 Å². The van der Waals surface area contributed by atoms with Crippen molar-refractivity contribution in [1.82, 2.24) is 9.97 Å². The normalized spacial score (nSPS) is 12.5. The van der Waals surface area contributed by atoms with Crippen molar-refractivity contribution >= 4 is 33.5 Å². The fourth-order valence-electron chi connectivity index (χ4n) is 1.05. The third-order valence-electron chi connectivity index (χ3n) is 1.75. The molecule has 1 atom stereocenters. The average Bonchev–Trinajstić information content (AvgIpc) is 2.22. The van der Waals surface area contributed by atoms with Crippen molar-refractivity contribution in [1.29, 1.82) is 0 Å². The second-order valence-electron chi connectivity index (χ2n) is 3.10. The van der Waals surface area contributed by atoms with Crippen LogP contribution in [0.15, 0.2) is 15.6 Å². The zero-order valence-corrected chi connectivity index (χ0v) is 11.1. The molecule has 0 spiro atoms. The quantitative estimate of drug-likeness (QED) is 0.872. The molecular formula is C9H14BrN3OS. The van der Waals surface area contributed by atoms with Gasteiger partial charge in [0.1, 0.15) is 10.3 Å². The number of thioether (sulfide) groups is 1. The van der Waals surface area contributed by atoms with Crippen LogP contribution in [-0.2, 0) is 0 Å². The summed E-state index contributed by atoms with van der Waals surface area (Å²) in [5, 5.41) is 3.19. The largest absolute Gasteiger partial charge is 0.366 e. The summed E-state index contributed by atoms with van der Waals surface area (Å²) in [7, 11) is 0. The summed E-state index contributed by atoms with van der Waals surface area (Å²) in [4.78, 5) is 17.8. The molecule has 1 rings (SSSR count). The molecule has 84 valence electrons. The van der Waals surface area contributed by atoms with E-state index in [2.05, 4.69) is 45.1 Å². The van der Waals surface area contributed by atoms with Gasteiger partial charge in [-0.3, -0.25) is 4.79 Å². The molecule has 15 heavy (non-hydrogen) atoms. The summed E-state index contributed by atoms with van der Waals surface area (Å²) in [6.45, 7) is 4.19. The minimum atomic E-state index is -0.164. The Morgan fingerprint density at radius 2 is 2.47 bits per heavy atom. The number of H-pyrrole nitrogens is 1. The van der Waals surface area contributed by atoms with Crippen LogP contribution in [0.3, 0.4) is 0 Å². The molecular weight excluding hydrogens is 278 g/mol. The summed E-state index contributed by atoms with van der Waals surface area (Å²) < 4.78 is 0.457. The molecule has 1 heterocycles. The molecule has 1 aromatic rings. The Hall–Kier alpha value is -0.490. The first kappa shape index (κ1) is 12.6. The molecule has 0 amide bonds. The van der Waals surface area contributed by atoms with Gasteiger partial charge in [-0.25, -0.2) is 4.98 Å². The third kappa shape index (κ3) is 3.87. The Morgan fingerprint density at radius 3 is 3.13 bits per heavy atom. The van der Waals surface area contributed by atoms with Gasteiger partial charge < -0.3 is 10.3 Å². The Labute approximate surface area is 101 Å². The topological polar surface area (TPSA) is 57.8 Å². The molecule has 0 aliphatic heterocycles. The van der Waals surface area contributed by atoms with Gasteiger partial charge in [-0.15, -0.1) is 0 Å². The number of aromatic nitrogens is 2. The fraction of sp³-hybridized carbons (Fsp3) is 0.556. The highest BCUT2D eigenvalue weighted by molar-refractivity contribution is 9.10. The van der Waals surface area contributed by atoms with Crippen molar-refractivity contribution in [2.45, 2.75) is 19.9 Å². The molecule has 6 heteroatoms. The SMILES string of the molecule is CCSCC(C)Nc1nc[nH]c(=O)c1Br. The van der Waals surface area contributed by atoms with Gasteiger partial charge in [0.25, 0.3) is 5.56 Å². The van der Waals surface area contributed by atoms with Crippen LogP contribution in [0.1, 0.15) is 13.8 Å². The summed E-state index contributed by atoms with van der Waals surface area (Å²) >= 11 is 5.06. The zero-order chi connectivity index (χ0) is 11.3. The van der Waals surface area contributed by atoms with Gasteiger partial charge in [-0.1, -0.05) is 6.92 Å². The van der Waals surface area contributed by atoms with Crippen LogP contribution in [0.25, 0.3) is 0 Å². The third-order valence-corrected chi connectivity index (χ3v) is 3.63. The van der Waals surface area contributed by atoms with E-state index in [4.69, 9.17) is 0 Å².